The van der Waals surface area contributed by atoms with E-state index in [2.05, 4.69) is 9.89 Å². The molecule has 204 valence electrons. The van der Waals surface area contributed by atoms with Crippen molar-refractivity contribution in [3.8, 4) is 11.5 Å². The van der Waals surface area contributed by atoms with Crippen molar-refractivity contribution in [3.05, 3.63) is 46.0 Å². The lowest BCUT2D eigenvalue weighted by atomic mass is 10.1. The van der Waals surface area contributed by atoms with E-state index in [0.29, 0.717) is 24.3 Å². The molecule has 38 heavy (non-hydrogen) atoms. The van der Waals surface area contributed by atoms with Gasteiger partial charge in [0.15, 0.2) is 15.8 Å². The number of rotatable bonds is 7. The molecule has 0 atom stereocenters. The van der Waals surface area contributed by atoms with E-state index in [-0.39, 0.29) is 45.1 Å². The van der Waals surface area contributed by atoms with E-state index in [0.717, 1.165) is 25.9 Å². The molecule has 11 nitrogen and oxygen atoms in total. The lowest BCUT2D eigenvalue weighted by Gasteiger charge is -2.26. The number of amides is 2. The summed E-state index contributed by atoms with van der Waals surface area (Å²) < 4.78 is 38.1. The number of ether oxygens (including phenoxy) is 2. The Kier molecular flexibility index (Phi) is 8.26. The van der Waals surface area contributed by atoms with E-state index < -0.39 is 27.5 Å². The maximum absolute atomic E-state index is 13.5. The molecule has 2 aliphatic rings. The van der Waals surface area contributed by atoms with Crippen LogP contribution in [0.25, 0.3) is 0 Å². The van der Waals surface area contributed by atoms with Gasteiger partial charge in [-0.15, -0.1) is 0 Å². The number of methoxy groups -OCH3 is 1. The van der Waals surface area contributed by atoms with Gasteiger partial charge >= 0.3 is 0 Å². The Bertz CT molecular complexity index is 1400. The second kappa shape index (κ2) is 11.3. The fraction of sp³-hybridized carbons (Fsp3) is 0.400. The Balaban J connectivity index is 1.74. The van der Waals surface area contributed by atoms with Crippen molar-refractivity contribution in [1.82, 2.24) is 4.90 Å². The molecule has 2 aliphatic heterocycles. The molecule has 0 aliphatic carbocycles. The van der Waals surface area contributed by atoms with E-state index in [9.17, 15) is 18.0 Å². The van der Waals surface area contributed by atoms with Crippen LogP contribution in [0, 0.1) is 6.92 Å². The average molecular weight is 564 g/mol. The van der Waals surface area contributed by atoms with Crippen molar-refractivity contribution in [2.24, 2.45) is 16.5 Å². The predicted molar refractivity (Wildman–Crippen MR) is 144 cm³/mol. The van der Waals surface area contributed by atoms with Gasteiger partial charge in [0.05, 0.1) is 10.8 Å². The van der Waals surface area contributed by atoms with Gasteiger partial charge in [0.2, 0.25) is 0 Å². The van der Waals surface area contributed by atoms with Crippen molar-refractivity contribution in [3.63, 3.8) is 0 Å². The lowest BCUT2D eigenvalue weighted by molar-refractivity contribution is -0.122. The molecular weight excluding hydrogens is 534 g/mol. The number of nitrogens with two attached hydrogens (primary N) is 2. The normalized spacial score (nSPS) is 16.1. The first kappa shape index (κ1) is 27.8. The van der Waals surface area contributed by atoms with Crippen LogP contribution in [0.2, 0.25) is 5.02 Å². The third kappa shape index (κ3) is 5.93. The van der Waals surface area contributed by atoms with Gasteiger partial charge in [0.1, 0.15) is 23.0 Å². The molecule has 0 aromatic heterocycles. The molecule has 1 saturated heterocycles. The Morgan fingerprint density at radius 3 is 2.53 bits per heavy atom. The molecule has 0 unspecified atom stereocenters. The average Bonchev–Trinajstić information content (AvgIpc) is 3.31. The number of nitrogens with zero attached hydrogens (tertiary/aromatic N) is 3. The van der Waals surface area contributed by atoms with Crippen molar-refractivity contribution in [1.29, 1.82) is 0 Å². The van der Waals surface area contributed by atoms with Crippen LogP contribution in [0.15, 0.2) is 34.2 Å². The SMILES string of the molecule is COCC(=O)N(CCN1CCCC1)c1cc(Cl)c2c(c1)CS(=O)(=O)c1cc(C(=O)N=C(N)N)cc(C)c1O2. The standard InChI is InChI=1S/C25H30ClN5O6S/c1-15-9-16(24(33)29-25(27)28)11-20-22(15)37-23-17(14-38(20,34)35)10-18(12-19(23)26)31(21(32)13-36-2)8-7-30-5-3-4-6-30/h9-12H,3-8,13-14H2,1-2H3,(H4,27,28,29,33). The minimum Gasteiger partial charge on any atom is -0.454 e. The van der Waals surface area contributed by atoms with Gasteiger partial charge in [-0.1, -0.05) is 11.6 Å². The van der Waals surface area contributed by atoms with Gasteiger partial charge in [-0.2, -0.15) is 4.99 Å². The van der Waals surface area contributed by atoms with Crippen LogP contribution in [0.1, 0.15) is 34.3 Å². The molecule has 1 fully saturated rings. The molecule has 0 bridgehead atoms. The number of carbonyl (C=O) groups is 2. The van der Waals surface area contributed by atoms with Crippen LogP contribution >= 0.6 is 11.6 Å². The number of hydrogen-bond donors (Lipinski definition) is 2. The Hall–Kier alpha value is -3.19. The van der Waals surface area contributed by atoms with Crippen molar-refractivity contribution in [2.45, 2.75) is 30.4 Å². The van der Waals surface area contributed by atoms with Crippen molar-refractivity contribution < 1.29 is 27.5 Å². The summed E-state index contributed by atoms with van der Waals surface area (Å²) in [6.45, 7) is 4.46. The smallest absolute Gasteiger partial charge is 0.280 e. The molecule has 2 amide bonds. The monoisotopic (exact) mass is 563 g/mol. The maximum Gasteiger partial charge on any atom is 0.280 e. The number of carbonyl (C=O) groups excluding carboxylic acids is 2. The molecule has 4 N–H and O–H groups in total. The number of benzene rings is 2. The third-order valence-corrected chi connectivity index (χ3v) is 8.37. The number of hydrogen-bond acceptors (Lipinski definition) is 7. The topological polar surface area (TPSA) is 158 Å². The Labute approximate surface area is 226 Å². The minimum absolute atomic E-state index is 0.00202. The van der Waals surface area contributed by atoms with E-state index in [1.807, 2.05) is 0 Å². The molecule has 2 aromatic carbocycles. The zero-order valence-electron chi connectivity index (χ0n) is 21.2. The first-order valence-electron chi connectivity index (χ1n) is 12.0. The third-order valence-electron chi connectivity index (χ3n) is 6.43. The zero-order chi connectivity index (χ0) is 27.6. The second-order valence-corrected chi connectivity index (χ2v) is 11.6. The summed E-state index contributed by atoms with van der Waals surface area (Å²) in [7, 11) is -2.56. The first-order chi connectivity index (χ1) is 18.0. The highest BCUT2D eigenvalue weighted by Crippen LogP contribution is 2.45. The highest BCUT2D eigenvalue weighted by Gasteiger charge is 2.32. The first-order valence-corrected chi connectivity index (χ1v) is 14.1. The van der Waals surface area contributed by atoms with Gasteiger partial charge in [-0.05, 0) is 62.7 Å². The number of aliphatic imine (C=N–C) groups is 1. The van der Waals surface area contributed by atoms with Gasteiger partial charge in [-0.3, -0.25) is 9.59 Å². The minimum atomic E-state index is -4.00. The summed E-state index contributed by atoms with van der Waals surface area (Å²) >= 11 is 6.62. The van der Waals surface area contributed by atoms with Crippen LogP contribution in [0.5, 0.6) is 11.5 Å². The summed E-state index contributed by atoms with van der Waals surface area (Å²) in [5.74, 6) is -1.73. The van der Waals surface area contributed by atoms with Crippen molar-refractivity contribution in [2.75, 3.05) is 44.8 Å². The quantitative estimate of drug-likeness (QED) is 0.380. The number of sulfone groups is 1. The van der Waals surface area contributed by atoms with E-state index >= 15 is 0 Å². The number of likely N-dealkylation sites (tertiary alicyclic amines) is 1. The summed E-state index contributed by atoms with van der Waals surface area (Å²) in [4.78, 5) is 32.5. The van der Waals surface area contributed by atoms with Gasteiger partial charge in [-0.25, -0.2) is 8.42 Å². The number of fused-ring (bicyclic) bond motifs is 2. The van der Waals surface area contributed by atoms with Crippen LogP contribution in [-0.2, 0) is 25.1 Å². The number of anilines is 1. The van der Waals surface area contributed by atoms with Gasteiger partial charge < -0.3 is 30.7 Å². The maximum atomic E-state index is 13.5. The molecule has 4 rings (SSSR count). The number of halogens is 1. The van der Waals surface area contributed by atoms with Crippen LogP contribution < -0.4 is 21.1 Å². The molecule has 0 saturated carbocycles. The summed E-state index contributed by atoms with van der Waals surface area (Å²) in [6, 6.07) is 5.82. The van der Waals surface area contributed by atoms with E-state index in [4.69, 9.17) is 32.5 Å². The summed E-state index contributed by atoms with van der Waals surface area (Å²) in [6.07, 6.45) is 2.23. The number of guanidine groups is 1. The zero-order valence-corrected chi connectivity index (χ0v) is 22.8. The van der Waals surface area contributed by atoms with Gasteiger partial charge in [0.25, 0.3) is 11.8 Å². The number of aryl methyl sites for hydroxylation is 1. The highest BCUT2D eigenvalue weighted by atomic mass is 35.5. The summed E-state index contributed by atoms with van der Waals surface area (Å²) in [5.41, 5.74) is 11.7. The largest absolute Gasteiger partial charge is 0.454 e. The molecule has 2 aromatic rings. The molecule has 0 spiro atoms. The van der Waals surface area contributed by atoms with Crippen LogP contribution in [0.4, 0.5) is 5.69 Å². The van der Waals surface area contributed by atoms with E-state index in [1.54, 1.807) is 24.0 Å². The molecule has 0 radical (unpaired) electrons. The predicted octanol–water partition coefficient (Wildman–Crippen LogP) is 2.22. The summed E-state index contributed by atoms with van der Waals surface area (Å²) in [5, 5.41) is 0.150. The Morgan fingerprint density at radius 2 is 1.87 bits per heavy atom. The van der Waals surface area contributed by atoms with Crippen molar-refractivity contribution >= 4 is 44.9 Å². The van der Waals surface area contributed by atoms with E-state index in [1.165, 1.54) is 19.2 Å². The van der Waals surface area contributed by atoms with Gasteiger partial charge in [0, 0.05) is 37.0 Å². The molecular formula is C25H30ClN5O6S. The molecule has 13 heteroatoms. The molecule has 2 heterocycles. The van der Waals surface area contributed by atoms with Crippen LogP contribution in [0.3, 0.4) is 0 Å². The highest BCUT2D eigenvalue weighted by molar-refractivity contribution is 7.90. The van der Waals surface area contributed by atoms with Crippen LogP contribution in [-0.4, -0.2) is 71.0 Å². The fourth-order valence-electron chi connectivity index (χ4n) is 4.65. The fourth-order valence-corrected chi connectivity index (χ4v) is 6.49. The second-order valence-electron chi connectivity index (χ2n) is 9.27. The lowest BCUT2D eigenvalue weighted by Crippen LogP contribution is -2.39. The Morgan fingerprint density at radius 1 is 1.16 bits per heavy atom.